The summed E-state index contributed by atoms with van der Waals surface area (Å²) in [7, 11) is 0. The van der Waals surface area contributed by atoms with Crippen LogP contribution in [0.2, 0.25) is 0 Å². The van der Waals surface area contributed by atoms with Crippen LogP contribution in [0.1, 0.15) is 26.3 Å². The molecular weight excluding hydrogens is 348 g/mol. The minimum atomic E-state index is -0.561. The SMILES string of the molecule is Cc1cc(Br)ccc1N/C(=C\C=O)CNC(=O)OC(C)(C)C. The maximum atomic E-state index is 11.6. The van der Waals surface area contributed by atoms with Gasteiger partial charge in [0.2, 0.25) is 0 Å². The van der Waals surface area contributed by atoms with Gasteiger partial charge < -0.3 is 15.4 Å². The molecule has 120 valence electrons. The Morgan fingerprint density at radius 3 is 2.59 bits per heavy atom. The predicted octanol–water partition coefficient (Wildman–Crippen LogP) is 3.78. The number of alkyl carbamates (subject to hydrolysis) is 1. The lowest BCUT2D eigenvalue weighted by Crippen LogP contribution is -2.34. The highest BCUT2D eigenvalue weighted by Gasteiger charge is 2.16. The molecule has 0 bridgehead atoms. The maximum Gasteiger partial charge on any atom is 0.407 e. The first-order valence-corrected chi connectivity index (χ1v) is 7.65. The van der Waals surface area contributed by atoms with Crippen LogP contribution in [-0.2, 0) is 9.53 Å². The van der Waals surface area contributed by atoms with Gasteiger partial charge in [-0.15, -0.1) is 0 Å². The molecule has 6 heteroatoms. The number of carbonyl (C=O) groups excluding carboxylic acids is 2. The first-order valence-electron chi connectivity index (χ1n) is 6.85. The third-order valence-corrected chi connectivity index (χ3v) is 3.07. The number of rotatable bonds is 5. The number of aryl methyl sites for hydroxylation is 1. The molecule has 0 unspecified atom stereocenters. The number of hydrogen-bond acceptors (Lipinski definition) is 4. The first kappa shape index (κ1) is 18.2. The van der Waals surface area contributed by atoms with E-state index in [0.29, 0.717) is 12.0 Å². The number of hydrogen-bond donors (Lipinski definition) is 2. The molecule has 0 aliphatic rings. The second-order valence-corrected chi connectivity index (χ2v) is 6.68. The van der Waals surface area contributed by atoms with Crippen molar-refractivity contribution in [2.75, 3.05) is 11.9 Å². The molecule has 0 atom stereocenters. The fraction of sp³-hybridized carbons (Fsp3) is 0.375. The smallest absolute Gasteiger partial charge is 0.407 e. The lowest BCUT2D eigenvalue weighted by molar-refractivity contribution is -0.104. The van der Waals surface area contributed by atoms with Gasteiger partial charge in [-0.2, -0.15) is 0 Å². The minimum absolute atomic E-state index is 0.170. The summed E-state index contributed by atoms with van der Waals surface area (Å²) in [5, 5.41) is 5.75. The number of benzene rings is 1. The van der Waals surface area contributed by atoms with E-state index in [-0.39, 0.29) is 6.54 Å². The van der Waals surface area contributed by atoms with E-state index < -0.39 is 11.7 Å². The van der Waals surface area contributed by atoms with Crippen LogP contribution in [0, 0.1) is 6.92 Å². The molecule has 1 rings (SSSR count). The molecule has 5 nitrogen and oxygen atoms in total. The van der Waals surface area contributed by atoms with Crippen molar-refractivity contribution >= 4 is 34.0 Å². The van der Waals surface area contributed by atoms with Gasteiger partial charge in [0.1, 0.15) is 11.9 Å². The zero-order valence-electron chi connectivity index (χ0n) is 13.2. The highest BCUT2D eigenvalue weighted by Crippen LogP contribution is 2.21. The van der Waals surface area contributed by atoms with Gasteiger partial charge in [0.05, 0.1) is 6.54 Å². The van der Waals surface area contributed by atoms with Gasteiger partial charge in [-0.05, 0) is 57.5 Å². The summed E-state index contributed by atoms with van der Waals surface area (Å²) in [6, 6.07) is 5.75. The minimum Gasteiger partial charge on any atom is -0.444 e. The van der Waals surface area contributed by atoms with Crippen LogP contribution in [0.4, 0.5) is 10.5 Å². The molecule has 22 heavy (non-hydrogen) atoms. The van der Waals surface area contributed by atoms with Crippen LogP contribution < -0.4 is 10.6 Å². The third kappa shape index (κ3) is 6.76. The molecule has 0 saturated carbocycles. The van der Waals surface area contributed by atoms with Gasteiger partial charge in [-0.3, -0.25) is 4.79 Å². The zero-order chi connectivity index (χ0) is 16.8. The molecule has 0 aromatic heterocycles. The standard InChI is InChI=1S/C16H21BrN2O3/c1-11-9-12(17)5-6-14(11)19-13(7-8-20)10-18-15(21)22-16(2,3)4/h5-9,19H,10H2,1-4H3,(H,18,21)/b13-7-. The van der Waals surface area contributed by atoms with E-state index in [9.17, 15) is 9.59 Å². The Hall–Kier alpha value is -1.82. The molecule has 0 radical (unpaired) electrons. The van der Waals surface area contributed by atoms with E-state index >= 15 is 0 Å². The molecule has 0 aliphatic heterocycles. The Bertz CT molecular complexity index is 577. The molecule has 0 aliphatic carbocycles. The van der Waals surface area contributed by atoms with Crippen LogP contribution in [0.15, 0.2) is 34.4 Å². The van der Waals surface area contributed by atoms with Crippen molar-refractivity contribution in [3.8, 4) is 0 Å². The normalized spacial score (nSPS) is 11.8. The van der Waals surface area contributed by atoms with Crippen molar-refractivity contribution in [2.24, 2.45) is 0 Å². The molecule has 0 heterocycles. The third-order valence-electron chi connectivity index (χ3n) is 2.57. The Labute approximate surface area is 139 Å². The summed E-state index contributed by atoms with van der Waals surface area (Å²) in [4.78, 5) is 22.4. The van der Waals surface area contributed by atoms with Crippen LogP contribution in [-0.4, -0.2) is 24.5 Å². The summed E-state index contributed by atoms with van der Waals surface area (Å²) in [6.07, 6.45) is 1.52. The maximum absolute atomic E-state index is 11.6. The van der Waals surface area contributed by atoms with Crippen molar-refractivity contribution in [3.05, 3.63) is 40.0 Å². The fourth-order valence-corrected chi connectivity index (χ4v) is 2.12. The molecule has 0 saturated heterocycles. The molecule has 1 aromatic carbocycles. The molecular formula is C16H21BrN2O3. The first-order chi connectivity index (χ1) is 10.2. The monoisotopic (exact) mass is 368 g/mol. The van der Waals surface area contributed by atoms with Gasteiger partial charge in [-0.25, -0.2) is 4.79 Å². The Morgan fingerprint density at radius 1 is 1.36 bits per heavy atom. The van der Waals surface area contributed by atoms with Crippen LogP contribution in [0.25, 0.3) is 0 Å². The van der Waals surface area contributed by atoms with Crippen LogP contribution in [0.3, 0.4) is 0 Å². The van der Waals surface area contributed by atoms with Gasteiger partial charge >= 0.3 is 6.09 Å². The summed E-state index contributed by atoms with van der Waals surface area (Å²) >= 11 is 3.40. The van der Waals surface area contributed by atoms with Gasteiger partial charge in [0.15, 0.2) is 0 Å². The Morgan fingerprint density at radius 2 is 2.05 bits per heavy atom. The number of carbonyl (C=O) groups is 2. The van der Waals surface area contributed by atoms with E-state index in [1.165, 1.54) is 6.08 Å². The predicted molar refractivity (Wildman–Crippen MR) is 90.9 cm³/mol. The fourth-order valence-electron chi connectivity index (χ4n) is 1.65. The van der Waals surface area contributed by atoms with E-state index in [0.717, 1.165) is 15.7 Å². The zero-order valence-corrected chi connectivity index (χ0v) is 14.8. The summed E-state index contributed by atoms with van der Waals surface area (Å²) in [5.41, 5.74) is 1.89. The highest BCUT2D eigenvalue weighted by atomic mass is 79.9. The van der Waals surface area contributed by atoms with E-state index in [1.807, 2.05) is 25.1 Å². The van der Waals surface area contributed by atoms with Crippen molar-refractivity contribution in [2.45, 2.75) is 33.3 Å². The topological polar surface area (TPSA) is 67.4 Å². The lowest BCUT2D eigenvalue weighted by atomic mass is 10.2. The van der Waals surface area contributed by atoms with E-state index in [4.69, 9.17) is 4.74 Å². The Balaban J connectivity index is 2.69. The quantitative estimate of drug-likeness (QED) is 0.612. The largest absolute Gasteiger partial charge is 0.444 e. The Kier molecular flexibility index (Phi) is 6.61. The van der Waals surface area contributed by atoms with Gasteiger partial charge in [0.25, 0.3) is 0 Å². The van der Waals surface area contributed by atoms with Crippen molar-refractivity contribution in [3.63, 3.8) is 0 Å². The average Bonchev–Trinajstić information content (AvgIpc) is 2.37. The molecule has 1 aromatic rings. The summed E-state index contributed by atoms with van der Waals surface area (Å²) in [5.74, 6) is 0. The van der Waals surface area contributed by atoms with Crippen molar-refractivity contribution in [1.82, 2.24) is 5.32 Å². The highest BCUT2D eigenvalue weighted by molar-refractivity contribution is 9.10. The molecule has 0 fully saturated rings. The number of anilines is 1. The summed E-state index contributed by atoms with van der Waals surface area (Å²) in [6.45, 7) is 7.49. The van der Waals surface area contributed by atoms with Gasteiger partial charge in [0, 0.05) is 15.9 Å². The molecule has 2 N–H and O–H groups in total. The second kappa shape index (κ2) is 7.98. The molecule has 1 amide bonds. The number of allylic oxidation sites excluding steroid dienone is 1. The van der Waals surface area contributed by atoms with Gasteiger partial charge in [-0.1, -0.05) is 15.9 Å². The average molecular weight is 369 g/mol. The molecule has 0 spiro atoms. The summed E-state index contributed by atoms with van der Waals surface area (Å²) < 4.78 is 6.13. The van der Waals surface area contributed by atoms with Crippen molar-refractivity contribution in [1.29, 1.82) is 0 Å². The number of ether oxygens (including phenoxy) is 1. The van der Waals surface area contributed by atoms with E-state index in [1.54, 1.807) is 20.8 Å². The van der Waals surface area contributed by atoms with Crippen LogP contribution in [0.5, 0.6) is 0 Å². The number of halogens is 1. The van der Waals surface area contributed by atoms with E-state index in [2.05, 4.69) is 26.6 Å². The van der Waals surface area contributed by atoms with Crippen molar-refractivity contribution < 1.29 is 14.3 Å². The van der Waals surface area contributed by atoms with Crippen LogP contribution >= 0.6 is 15.9 Å². The second-order valence-electron chi connectivity index (χ2n) is 5.77. The number of amides is 1. The lowest BCUT2D eigenvalue weighted by Gasteiger charge is -2.20. The number of aldehydes is 1. The number of nitrogens with one attached hydrogen (secondary N) is 2.